The number of aliphatic hydroxyl groups is 1. The van der Waals surface area contributed by atoms with Crippen LogP contribution in [0.5, 0.6) is 0 Å². The van der Waals surface area contributed by atoms with Crippen LogP contribution in [-0.2, 0) is 9.53 Å². The summed E-state index contributed by atoms with van der Waals surface area (Å²) >= 11 is 0. The molecule has 0 aliphatic rings. The molecule has 0 aromatic rings. The zero-order valence-corrected chi connectivity index (χ0v) is 8.54. The van der Waals surface area contributed by atoms with Crippen molar-refractivity contribution in [3.05, 3.63) is 0 Å². The van der Waals surface area contributed by atoms with Crippen molar-refractivity contribution in [1.29, 1.82) is 0 Å². The normalized spacial score (nSPS) is 15.1. The fourth-order valence-corrected chi connectivity index (χ4v) is 0.994. The molecule has 0 aliphatic heterocycles. The summed E-state index contributed by atoms with van der Waals surface area (Å²) in [6.07, 6.45) is -0.0396. The zero-order chi connectivity index (χ0) is 10.3. The molecule has 0 aliphatic carbocycles. The van der Waals surface area contributed by atoms with Crippen LogP contribution in [0.3, 0.4) is 0 Å². The predicted octanol–water partition coefficient (Wildman–Crippen LogP) is 0.156. The molecule has 0 bridgehead atoms. The lowest BCUT2D eigenvalue weighted by Gasteiger charge is -2.11. The molecule has 0 saturated heterocycles. The first-order valence-corrected chi connectivity index (χ1v) is 4.50. The van der Waals surface area contributed by atoms with Crippen LogP contribution in [0.25, 0.3) is 0 Å². The number of hydrogen-bond donors (Lipinski definition) is 2. The van der Waals surface area contributed by atoms with Gasteiger partial charge in [0.1, 0.15) is 0 Å². The molecule has 2 atom stereocenters. The van der Waals surface area contributed by atoms with Gasteiger partial charge in [-0.05, 0) is 12.8 Å². The molecule has 78 valence electrons. The van der Waals surface area contributed by atoms with Crippen molar-refractivity contribution in [2.75, 3.05) is 20.3 Å². The standard InChI is InChI=1S/C9H19NO3/c1-7(6-13-3)4-9(12)10-5-8(2)11/h7-8,11H,4-6H2,1-3H3,(H,10,12). The number of ether oxygens (including phenoxy) is 1. The first kappa shape index (κ1) is 12.4. The van der Waals surface area contributed by atoms with Crippen LogP contribution in [0.15, 0.2) is 0 Å². The van der Waals surface area contributed by atoms with E-state index in [-0.39, 0.29) is 11.8 Å². The summed E-state index contributed by atoms with van der Waals surface area (Å²) in [7, 11) is 1.62. The van der Waals surface area contributed by atoms with Gasteiger partial charge < -0.3 is 15.2 Å². The van der Waals surface area contributed by atoms with E-state index in [4.69, 9.17) is 9.84 Å². The quantitative estimate of drug-likeness (QED) is 0.625. The predicted molar refractivity (Wildman–Crippen MR) is 50.3 cm³/mol. The Labute approximate surface area is 79.3 Å². The molecule has 4 heteroatoms. The van der Waals surface area contributed by atoms with Gasteiger partial charge in [0.15, 0.2) is 0 Å². The number of carbonyl (C=O) groups excluding carboxylic acids is 1. The number of aliphatic hydroxyl groups excluding tert-OH is 1. The van der Waals surface area contributed by atoms with E-state index >= 15 is 0 Å². The molecular weight excluding hydrogens is 170 g/mol. The molecule has 2 N–H and O–H groups in total. The lowest BCUT2D eigenvalue weighted by atomic mass is 10.1. The third-order valence-corrected chi connectivity index (χ3v) is 1.58. The van der Waals surface area contributed by atoms with Crippen molar-refractivity contribution in [1.82, 2.24) is 5.32 Å². The van der Waals surface area contributed by atoms with Gasteiger partial charge in [0.2, 0.25) is 5.91 Å². The lowest BCUT2D eigenvalue weighted by molar-refractivity contribution is -0.122. The molecule has 0 spiro atoms. The van der Waals surface area contributed by atoms with E-state index in [0.29, 0.717) is 19.6 Å². The molecule has 0 rings (SSSR count). The lowest BCUT2D eigenvalue weighted by Crippen LogP contribution is -2.31. The summed E-state index contributed by atoms with van der Waals surface area (Å²) in [5.41, 5.74) is 0. The molecule has 0 fully saturated rings. The van der Waals surface area contributed by atoms with Crippen molar-refractivity contribution >= 4 is 5.91 Å². The smallest absolute Gasteiger partial charge is 0.220 e. The maximum absolute atomic E-state index is 11.2. The Kier molecular flexibility index (Phi) is 6.54. The third-order valence-electron chi connectivity index (χ3n) is 1.58. The van der Waals surface area contributed by atoms with Gasteiger partial charge in [-0.1, -0.05) is 6.92 Å². The van der Waals surface area contributed by atoms with Gasteiger partial charge in [0.05, 0.1) is 6.10 Å². The SMILES string of the molecule is COCC(C)CC(=O)NCC(C)O. The molecule has 0 aromatic heterocycles. The van der Waals surface area contributed by atoms with Crippen LogP contribution in [0.4, 0.5) is 0 Å². The van der Waals surface area contributed by atoms with Gasteiger partial charge in [0.25, 0.3) is 0 Å². The summed E-state index contributed by atoms with van der Waals surface area (Å²) in [6.45, 7) is 4.49. The molecule has 0 radical (unpaired) electrons. The van der Waals surface area contributed by atoms with Crippen LogP contribution >= 0.6 is 0 Å². The summed E-state index contributed by atoms with van der Waals surface area (Å²) < 4.78 is 4.90. The largest absolute Gasteiger partial charge is 0.392 e. The van der Waals surface area contributed by atoms with Gasteiger partial charge in [-0.3, -0.25) is 4.79 Å². The highest BCUT2D eigenvalue weighted by Crippen LogP contribution is 2.00. The number of rotatable bonds is 6. The Bertz CT molecular complexity index is 148. The minimum atomic E-state index is -0.485. The van der Waals surface area contributed by atoms with E-state index in [0.717, 1.165) is 0 Å². The molecule has 0 saturated carbocycles. The Morgan fingerprint density at radius 3 is 2.62 bits per heavy atom. The molecule has 1 amide bonds. The number of carbonyl (C=O) groups is 1. The van der Waals surface area contributed by atoms with Crippen molar-refractivity contribution in [3.63, 3.8) is 0 Å². The average Bonchev–Trinajstić information content (AvgIpc) is 2.01. The van der Waals surface area contributed by atoms with Crippen molar-refractivity contribution in [2.24, 2.45) is 5.92 Å². The second kappa shape index (κ2) is 6.86. The highest BCUT2D eigenvalue weighted by atomic mass is 16.5. The number of nitrogens with one attached hydrogen (secondary N) is 1. The number of amides is 1. The maximum Gasteiger partial charge on any atom is 0.220 e. The highest BCUT2D eigenvalue weighted by molar-refractivity contribution is 5.76. The first-order valence-electron chi connectivity index (χ1n) is 4.50. The van der Waals surface area contributed by atoms with Crippen LogP contribution < -0.4 is 5.32 Å². The van der Waals surface area contributed by atoms with E-state index < -0.39 is 6.10 Å². The number of hydrogen-bond acceptors (Lipinski definition) is 3. The minimum absolute atomic E-state index is 0.0366. The van der Waals surface area contributed by atoms with Crippen molar-refractivity contribution in [2.45, 2.75) is 26.4 Å². The monoisotopic (exact) mass is 189 g/mol. The van der Waals surface area contributed by atoms with Crippen molar-refractivity contribution < 1.29 is 14.6 Å². The second-order valence-electron chi connectivity index (χ2n) is 3.42. The van der Waals surface area contributed by atoms with Crippen LogP contribution in [0.2, 0.25) is 0 Å². The van der Waals surface area contributed by atoms with E-state index in [1.165, 1.54) is 0 Å². The van der Waals surface area contributed by atoms with Gasteiger partial charge in [0, 0.05) is 26.7 Å². The fourth-order valence-electron chi connectivity index (χ4n) is 0.994. The summed E-state index contributed by atoms with van der Waals surface area (Å²) in [6, 6.07) is 0. The van der Waals surface area contributed by atoms with Gasteiger partial charge in [-0.15, -0.1) is 0 Å². The minimum Gasteiger partial charge on any atom is -0.392 e. The van der Waals surface area contributed by atoms with Gasteiger partial charge in [-0.2, -0.15) is 0 Å². The van der Waals surface area contributed by atoms with E-state index in [1.54, 1.807) is 14.0 Å². The summed E-state index contributed by atoms with van der Waals surface area (Å²) in [5.74, 6) is 0.185. The zero-order valence-electron chi connectivity index (χ0n) is 8.54. The average molecular weight is 189 g/mol. The Balaban J connectivity index is 3.50. The Morgan fingerprint density at radius 1 is 1.54 bits per heavy atom. The highest BCUT2D eigenvalue weighted by Gasteiger charge is 2.08. The summed E-state index contributed by atoms with van der Waals surface area (Å²) in [4.78, 5) is 11.2. The van der Waals surface area contributed by atoms with E-state index in [2.05, 4.69) is 5.32 Å². The van der Waals surface area contributed by atoms with Crippen LogP contribution in [0, 0.1) is 5.92 Å². The van der Waals surface area contributed by atoms with Gasteiger partial charge >= 0.3 is 0 Å². The molecular formula is C9H19NO3. The Morgan fingerprint density at radius 2 is 2.15 bits per heavy atom. The Hall–Kier alpha value is -0.610. The molecule has 2 unspecified atom stereocenters. The maximum atomic E-state index is 11.2. The molecule has 0 aromatic carbocycles. The summed E-state index contributed by atoms with van der Waals surface area (Å²) in [5, 5.41) is 11.5. The first-order chi connectivity index (χ1) is 6.06. The van der Waals surface area contributed by atoms with E-state index in [1.807, 2.05) is 6.92 Å². The topological polar surface area (TPSA) is 58.6 Å². The third kappa shape index (κ3) is 7.74. The van der Waals surface area contributed by atoms with Crippen LogP contribution in [-0.4, -0.2) is 37.4 Å². The van der Waals surface area contributed by atoms with E-state index in [9.17, 15) is 4.79 Å². The van der Waals surface area contributed by atoms with Gasteiger partial charge in [-0.25, -0.2) is 0 Å². The van der Waals surface area contributed by atoms with Crippen molar-refractivity contribution in [3.8, 4) is 0 Å². The molecule has 4 nitrogen and oxygen atoms in total. The number of methoxy groups -OCH3 is 1. The molecule has 13 heavy (non-hydrogen) atoms. The molecule has 0 heterocycles. The fraction of sp³-hybridized carbons (Fsp3) is 0.889. The second-order valence-corrected chi connectivity index (χ2v) is 3.42. The van der Waals surface area contributed by atoms with Crippen LogP contribution in [0.1, 0.15) is 20.3 Å².